The van der Waals surface area contributed by atoms with Crippen LogP contribution in [0.4, 0.5) is 20.2 Å². The largest absolute Gasteiger partial charge is 0.508 e. The van der Waals surface area contributed by atoms with Crippen molar-refractivity contribution in [1.29, 1.82) is 0 Å². The molecule has 0 fully saturated rings. The molecule has 6 heteroatoms. The van der Waals surface area contributed by atoms with Gasteiger partial charge in [-0.15, -0.1) is 0 Å². The molecule has 0 spiro atoms. The third-order valence-electron chi connectivity index (χ3n) is 3.99. The number of carbonyl (C=O) groups excluding carboxylic acids is 1. The standard InChI is InChI=1S/C20H24F2N2O2/c1-2-3-4-18(21)19(22)20(26)24-16-9-7-15(8-10-16)23-13-14-5-11-17(25)12-6-14/h5-12,18-19,23,25H,2-4,13H2,1H3,(H,24,26)/t18-,19-/m1/s1. The van der Waals surface area contributed by atoms with Crippen molar-refractivity contribution in [3.05, 3.63) is 54.1 Å². The number of nitrogens with one attached hydrogen (secondary N) is 2. The molecule has 0 aromatic heterocycles. The van der Waals surface area contributed by atoms with Crippen molar-refractivity contribution >= 4 is 17.3 Å². The van der Waals surface area contributed by atoms with E-state index in [4.69, 9.17) is 0 Å². The number of alkyl halides is 2. The first-order valence-electron chi connectivity index (χ1n) is 8.70. The number of benzene rings is 2. The van der Waals surface area contributed by atoms with Gasteiger partial charge >= 0.3 is 0 Å². The maximum Gasteiger partial charge on any atom is 0.261 e. The fourth-order valence-corrected chi connectivity index (χ4v) is 2.41. The highest BCUT2D eigenvalue weighted by molar-refractivity contribution is 5.94. The highest BCUT2D eigenvalue weighted by Crippen LogP contribution is 2.18. The first-order chi connectivity index (χ1) is 12.5. The third-order valence-corrected chi connectivity index (χ3v) is 3.99. The minimum atomic E-state index is -2.16. The molecule has 0 radical (unpaired) electrons. The fraction of sp³-hybridized carbons (Fsp3) is 0.350. The van der Waals surface area contributed by atoms with Crippen molar-refractivity contribution in [1.82, 2.24) is 0 Å². The fourth-order valence-electron chi connectivity index (χ4n) is 2.41. The zero-order chi connectivity index (χ0) is 18.9. The Morgan fingerprint density at radius 3 is 2.27 bits per heavy atom. The van der Waals surface area contributed by atoms with Gasteiger partial charge in [0, 0.05) is 17.9 Å². The molecular formula is C20H24F2N2O2. The van der Waals surface area contributed by atoms with E-state index >= 15 is 0 Å². The number of unbranched alkanes of at least 4 members (excludes halogenated alkanes) is 1. The van der Waals surface area contributed by atoms with Crippen LogP contribution in [0.1, 0.15) is 31.7 Å². The summed E-state index contributed by atoms with van der Waals surface area (Å²) in [5, 5.41) is 14.8. The van der Waals surface area contributed by atoms with Gasteiger partial charge < -0.3 is 15.7 Å². The van der Waals surface area contributed by atoms with Crippen molar-refractivity contribution in [3.8, 4) is 5.75 Å². The lowest BCUT2D eigenvalue weighted by molar-refractivity contribution is -0.123. The van der Waals surface area contributed by atoms with E-state index in [0.29, 0.717) is 18.7 Å². The molecule has 0 unspecified atom stereocenters. The second-order valence-electron chi connectivity index (χ2n) is 6.15. The molecule has 2 aromatic rings. The molecule has 2 atom stereocenters. The minimum absolute atomic E-state index is 0.0468. The van der Waals surface area contributed by atoms with Gasteiger partial charge in [-0.05, 0) is 48.4 Å². The average molecular weight is 362 g/mol. The molecule has 1 amide bonds. The zero-order valence-electron chi connectivity index (χ0n) is 14.7. The maximum absolute atomic E-state index is 13.8. The highest BCUT2D eigenvalue weighted by atomic mass is 19.2. The topological polar surface area (TPSA) is 61.4 Å². The summed E-state index contributed by atoms with van der Waals surface area (Å²) in [5.74, 6) is -0.747. The normalized spacial score (nSPS) is 13.0. The Labute approximate surface area is 152 Å². The number of hydrogen-bond acceptors (Lipinski definition) is 3. The van der Waals surface area contributed by atoms with Crippen LogP contribution in [0.2, 0.25) is 0 Å². The van der Waals surface area contributed by atoms with Crippen LogP contribution in [-0.2, 0) is 11.3 Å². The molecule has 4 nitrogen and oxygen atoms in total. The molecule has 2 aromatic carbocycles. The van der Waals surface area contributed by atoms with Crippen LogP contribution in [0.5, 0.6) is 5.75 Å². The number of phenols is 1. The molecule has 0 saturated carbocycles. The molecule has 0 aliphatic heterocycles. The van der Waals surface area contributed by atoms with Crippen molar-refractivity contribution in [3.63, 3.8) is 0 Å². The van der Waals surface area contributed by atoms with Gasteiger partial charge in [0.05, 0.1) is 0 Å². The van der Waals surface area contributed by atoms with Crippen LogP contribution in [0.15, 0.2) is 48.5 Å². The van der Waals surface area contributed by atoms with E-state index < -0.39 is 18.3 Å². The van der Waals surface area contributed by atoms with E-state index in [2.05, 4.69) is 10.6 Å². The van der Waals surface area contributed by atoms with Crippen LogP contribution >= 0.6 is 0 Å². The van der Waals surface area contributed by atoms with Gasteiger partial charge in [0.15, 0.2) is 0 Å². The molecule has 26 heavy (non-hydrogen) atoms. The predicted octanol–water partition coefficient (Wildman–Crippen LogP) is 4.81. The Hall–Kier alpha value is -2.63. The number of aromatic hydroxyl groups is 1. The number of anilines is 2. The van der Waals surface area contributed by atoms with Gasteiger partial charge in [-0.25, -0.2) is 8.78 Å². The molecule has 140 valence electrons. The van der Waals surface area contributed by atoms with Crippen LogP contribution in [-0.4, -0.2) is 23.4 Å². The zero-order valence-corrected chi connectivity index (χ0v) is 14.7. The van der Waals surface area contributed by atoms with Gasteiger partial charge in [-0.3, -0.25) is 4.79 Å². The molecular weight excluding hydrogens is 338 g/mol. The summed E-state index contributed by atoms with van der Waals surface area (Å²) in [6, 6.07) is 13.6. The Balaban J connectivity index is 1.84. The van der Waals surface area contributed by atoms with E-state index in [-0.39, 0.29) is 12.2 Å². The van der Waals surface area contributed by atoms with Gasteiger partial charge in [-0.1, -0.05) is 31.9 Å². The Kier molecular flexibility index (Phi) is 7.38. The number of amides is 1. The number of rotatable bonds is 9. The van der Waals surface area contributed by atoms with Gasteiger partial charge in [0.1, 0.15) is 11.9 Å². The highest BCUT2D eigenvalue weighted by Gasteiger charge is 2.27. The Morgan fingerprint density at radius 1 is 1.04 bits per heavy atom. The summed E-state index contributed by atoms with van der Waals surface area (Å²) >= 11 is 0. The van der Waals surface area contributed by atoms with E-state index in [0.717, 1.165) is 17.7 Å². The van der Waals surface area contributed by atoms with Crippen molar-refractivity contribution in [2.45, 2.75) is 45.1 Å². The lowest BCUT2D eigenvalue weighted by Gasteiger charge is -2.14. The smallest absolute Gasteiger partial charge is 0.261 e. The third kappa shape index (κ3) is 6.02. The summed E-state index contributed by atoms with van der Waals surface area (Å²) in [6.45, 7) is 2.46. The minimum Gasteiger partial charge on any atom is -0.508 e. The Morgan fingerprint density at radius 2 is 1.65 bits per heavy atom. The number of halogens is 2. The molecule has 2 rings (SSSR count). The summed E-state index contributed by atoms with van der Waals surface area (Å²) in [6.07, 6.45) is -2.58. The first-order valence-corrected chi connectivity index (χ1v) is 8.70. The predicted molar refractivity (Wildman–Crippen MR) is 99.8 cm³/mol. The van der Waals surface area contributed by atoms with Crippen LogP contribution in [0.3, 0.4) is 0 Å². The molecule has 0 aliphatic carbocycles. The monoisotopic (exact) mass is 362 g/mol. The van der Waals surface area contributed by atoms with E-state index in [1.807, 2.05) is 19.1 Å². The van der Waals surface area contributed by atoms with E-state index in [9.17, 15) is 18.7 Å². The molecule has 0 aliphatic rings. The molecule has 0 bridgehead atoms. The summed E-state index contributed by atoms with van der Waals surface area (Å²) in [7, 11) is 0. The van der Waals surface area contributed by atoms with Gasteiger partial charge in [0.25, 0.3) is 5.91 Å². The molecule has 0 heterocycles. The first kappa shape index (κ1) is 19.7. The number of carbonyl (C=O) groups is 1. The lowest BCUT2D eigenvalue weighted by Crippen LogP contribution is -2.32. The maximum atomic E-state index is 13.8. The summed E-state index contributed by atoms with van der Waals surface area (Å²) in [4.78, 5) is 11.8. The second-order valence-corrected chi connectivity index (χ2v) is 6.15. The van der Waals surface area contributed by atoms with Crippen LogP contribution < -0.4 is 10.6 Å². The molecule has 3 N–H and O–H groups in total. The summed E-state index contributed by atoms with van der Waals surface area (Å²) < 4.78 is 27.4. The number of phenolic OH excluding ortho intramolecular Hbond substituents is 1. The van der Waals surface area contributed by atoms with E-state index in [1.165, 1.54) is 0 Å². The van der Waals surface area contributed by atoms with Crippen molar-refractivity contribution in [2.24, 2.45) is 0 Å². The van der Waals surface area contributed by atoms with Crippen molar-refractivity contribution in [2.75, 3.05) is 10.6 Å². The molecule has 0 saturated heterocycles. The van der Waals surface area contributed by atoms with E-state index in [1.54, 1.807) is 36.4 Å². The lowest BCUT2D eigenvalue weighted by atomic mass is 10.1. The van der Waals surface area contributed by atoms with Crippen LogP contribution in [0.25, 0.3) is 0 Å². The quantitative estimate of drug-likeness (QED) is 0.600. The van der Waals surface area contributed by atoms with Crippen molar-refractivity contribution < 1.29 is 18.7 Å². The summed E-state index contributed by atoms with van der Waals surface area (Å²) in [5.41, 5.74) is 2.23. The van der Waals surface area contributed by atoms with Gasteiger partial charge in [0.2, 0.25) is 6.17 Å². The Bertz CT molecular complexity index is 690. The van der Waals surface area contributed by atoms with Gasteiger partial charge in [-0.2, -0.15) is 0 Å². The number of hydrogen-bond donors (Lipinski definition) is 3. The SMILES string of the molecule is CCCC[C@@H](F)[C@@H](F)C(=O)Nc1ccc(NCc2ccc(O)cc2)cc1. The second kappa shape index (κ2) is 9.75. The van der Waals surface area contributed by atoms with Crippen LogP contribution in [0, 0.1) is 0 Å². The average Bonchev–Trinajstić information content (AvgIpc) is 2.66.